The van der Waals surface area contributed by atoms with Crippen LogP contribution in [0.15, 0.2) is 29.2 Å². The lowest BCUT2D eigenvalue weighted by atomic mass is 9.96. The number of benzene rings is 1. The summed E-state index contributed by atoms with van der Waals surface area (Å²) < 4.78 is 3.20. The highest BCUT2D eigenvalue weighted by Gasteiger charge is 2.13. The molecule has 98 valence electrons. The van der Waals surface area contributed by atoms with Gasteiger partial charge < -0.3 is 10.0 Å². The second-order valence-electron chi connectivity index (χ2n) is 4.83. The molecule has 4 heteroatoms. The first kappa shape index (κ1) is 13.7. The highest BCUT2D eigenvalue weighted by atomic mass is 32.2. The van der Waals surface area contributed by atoms with Gasteiger partial charge in [0.25, 0.3) is 0 Å². The van der Waals surface area contributed by atoms with Crippen LogP contribution in [0.25, 0.3) is 0 Å². The molecule has 1 aromatic carbocycles. The molecule has 1 aliphatic rings. The second kappa shape index (κ2) is 7.00. The SMILES string of the molecule is Cc1ccc(SNC(=S)NC2CCCCC2)cc1. The summed E-state index contributed by atoms with van der Waals surface area (Å²) >= 11 is 6.89. The molecule has 1 saturated carbocycles. The van der Waals surface area contributed by atoms with E-state index in [0.29, 0.717) is 6.04 Å². The Hall–Kier alpha value is -0.740. The lowest BCUT2D eigenvalue weighted by Gasteiger charge is -2.24. The predicted octanol–water partition coefficient (Wildman–Crippen LogP) is 3.80. The van der Waals surface area contributed by atoms with E-state index in [-0.39, 0.29) is 0 Å². The van der Waals surface area contributed by atoms with E-state index >= 15 is 0 Å². The standard InChI is InChI=1S/C14H20N2S2/c1-11-7-9-13(10-8-11)18-16-14(17)15-12-5-3-2-4-6-12/h7-10,12H,2-6H2,1H3,(H2,15,16,17). The van der Waals surface area contributed by atoms with E-state index < -0.39 is 0 Å². The summed E-state index contributed by atoms with van der Waals surface area (Å²) in [5.41, 5.74) is 1.28. The molecule has 2 N–H and O–H groups in total. The topological polar surface area (TPSA) is 24.1 Å². The predicted molar refractivity (Wildman–Crippen MR) is 82.8 cm³/mol. The molecule has 1 fully saturated rings. The minimum Gasteiger partial charge on any atom is -0.359 e. The monoisotopic (exact) mass is 280 g/mol. The van der Waals surface area contributed by atoms with Crippen molar-refractivity contribution in [3.63, 3.8) is 0 Å². The first-order valence-corrected chi connectivity index (χ1v) is 7.76. The van der Waals surface area contributed by atoms with Crippen LogP contribution in [0.2, 0.25) is 0 Å². The van der Waals surface area contributed by atoms with Crippen LogP contribution in [0.4, 0.5) is 0 Å². The minimum absolute atomic E-state index is 0.567. The molecule has 0 amide bonds. The van der Waals surface area contributed by atoms with E-state index in [1.165, 1.54) is 42.6 Å². The summed E-state index contributed by atoms with van der Waals surface area (Å²) in [5.74, 6) is 0. The van der Waals surface area contributed by atoms with Gasteiger partial charge in [-0.25, -0.2) is 0 Å². The van der Waals surface area contributed by atoms with Gasteiger partial charge in [0, 0.05) is 10.9 Å². The lowest BCUT2D eigenvalue weighted by Crippen LogP contribution is -2.40. The minimum atomic E-state index is 0.567. The Kier molecular flexibility index (Phi) is 5.32. The van der Waals surface area contributed by atoms with Crippen LogP contribution in [-0.2, 0) is 0 Å². The van der Waals surface area contributed by atoms with Crippen molar-refractivity contribution < 1.29 is 0 Å². The number of hydrogen-bond acceptors (Lipinski definition) is 2. The molecule has 1 aromatic rings. The number of rotatable bonds is 3. The Morgan fingerprint density at radius 3 is 2.50 bits per heavy atom. The van der Waals surface area contributed by atoms with Crippen molar-refractivity contribution in [3.8, 4) is 0 Å². The Morgan fingerprint density at radius 1 is 1.17 bits per heavy atom. The number of thiocarbonyl (C=S) groups is 1. The van der Waals surface area contributed by atoms with Gasteiger partial charge >= 0.3 is 0 Å². The Morgan fingerprint density at radius 2 is 1.83 bits per heavy atom. The quantitative estimate of drug-likeness (QED) is 0.649. The molecule has 0 heterocycles. The van der Waals surface area contributed by atoms with Gasteiger partial charge in [-0.3, -0.25) is 0 Å². The summed E-state index contributed by atoms with van der Waals surface area (Å²) in [7, 11) is 0. The zero-order chi connectivity index (χ0) is 12.8. The Bertz CT molecular complexity index is 383. The summed E-state index contributed by atoms with van der Waals surface area (Å²) in [6.07, 6.45) is 6.52. The fraction of sp³-hybridized carbons (Fsp3) is 0.500. The zero-order valence-electron chi connectivity index (χ0n) is 10.7. The molecule has 0 radical (unpaired) electrons. The van der Waals surface area contributed by atoms with Crippen molar-refractivity contribution in [2.45, 2.75) is 50.0 Å². The molecule has 0 atom stereocenters. The third kappa shape index (κ3) is 4.50. The maximum atomic E-state index is 5.32. The van der Waals surface area contributed by atoms with Crippen LogP contribution >= 0.6 is 24.2 Å². The van der Waals surface area contributed by atoms with Crippen LogP contribution in [0.1, 0.15) is 37.7 Å². The van der Waals surface area contributed by atoms with Crippen molar-refractivity contribution in [3.05, 3.63) is 29.8 Å². The van der Waals surface area contributed by atoms with E-state index in [4.69, 9.17) is 12.2 Å². The van der Waals surface area contributed by atoms with Gasteiger partial charge in [0.15, 0.2) is 5.11 Å². The lowest BCUT2D eigenvalue weighted by molar-refractivity contribution is 0.413. The van der Waals surface area contributed by atoms with E-state index in [1.807, 2.05) is 0 Å². The van der Waals surface area contributed by atoms with Gasteiger partial charge in [0.05, 0.1) is 0 Å². The first-order valence-electron chi connectivity index (χ1n) is 6.54. The molecule has 0 bridgehead atoms. The first-order chi connectivity index (χ1) is 8.74. The van der Waals surface area contributed by atoms with Crippen molar-refractivity contribution in [1.29, 1.82) is 0 Å². The van der Waals surface area contributed by atoms with E-state index in [0.717, 1.165) is 5.11 Å². The van der Waals surface area contributed by atoms with Crippen molar-refractivity contribution in [2.24, 2.45) is 0 Å². The molecule has 2 rings (SSSR count). The molecular formula is C14H20N2S2. The third-order valence-corrected chi connectivity index (χ3v) is 4.39. The molecule has 0 unspecified atom stereocenters. The van der Waals surface area contributed by atoms with Crippen molar-refractivity contribution in [1.82, 2.24) is 10.0 Å². The summed E-state index contributed by atoms with van der Waals surface area (Å²) in [6, 6.07) is 9.01. The van der Waals surface area contributed by atoms with E-state index in [2.05, 4.69) is 41.2 Å². The summed E-state index contributed by atoms with van der Waals surface area (Å²) in [6.45, 7) is 2.09. The number of nitrogens with one attached hydrogen (secondary N) is 2. The average Bonchev–Trinajstić information content (AvgIpc) is 2.39. The number of aryl methyl sites for hydroxylation is 1. The van der Waals surface area contributed by atoms with E-state index in [9.17, 15) is 0 Å². The van der Waals surface area contributed by atoms with Gasteiger partial charge in [-0.05, 0) is 56.1 Å². The van der Waals surface area contributed by atoms with Crippen LogP contribution in [0, 0.1) is 6.92 Å². The molecule has 0 aliphatic heterocycles. The largest absolute Gasteiger partial charge is 0.359 e. The smallest absolute Gasteiger partial charge is 0.176 e. The van der Waals surface area contributed by atoms with Crippen LogP contribution in [-0.4, -0.2) is 11.2 Å². The van der Waals surface area contributed by atoms with Gasteiger partial charge in [-0.2, -0.15) is 0 Å². The molecule has 2 nitrogen and oxygen atoms in total. The van der Waals surface area contributed by atoms with Gasteiger partial charge in [-0.1, -0.05) is 37.0 Å². The molecule has 0 saturated heterocycles. The van der Waals surface area contributed by atoms with Crippen LogP contribution in [0.3, 0.4) is 0 Å². The highest BCUT2D eigenvalue weighted by molar-refractivity contribution is 7.99. The second-order valence-corrected chi connectivity index (χ2v) is 6.11. The van der Waals surface area contributed by atoms with Gasteiger partial charge in [0.2, 0.25) is 0 Å². The maximum Gasteiger partial charge on any atom is 0.176 e. The Balaban J connectivity index is 1.72. The zero-order valence-corrected chi connectivity index (χ0v) is 12.4. The molecule has 0 aromatic heterocycles. The maximum absolute atomic E-state index is 5.32. The third-order valence-electron chi connectivity index (χ3n) is 3.22. The van der Waals surface area contributed by atoms with Crippen molar-refractivity contribution >= 4 is 29.3 Å². The number of hydrogen-bond donors (Lipinski definition) is 2. The fourth-order valence-corrected chi connectivity index (χ4v) is 3.01. The molecule has 0 spiro atoms. The average molecular weight is 280 g/mol. The molecule has 18 heavy (non-hydrogen) atoms. The molecule has 1 aliphatic carbocycles. The molecular weight excluding hydrogens is 260 g/mol. The van der Waals surface area contributed by atoms with Gasteiger partial charge in [0.1, 0.15) is 0 Å². The normalized spacial score (nSPS) is 16.3. The van der Waals surface area contributed by atoms with Crippen LogP contribution in [0.5, 0.6) is 0 Å². The Labute approximate surface area is 119 Å². The fourth-order valence-electron chi connectivity index (χ4n) is 2.17. The van der Waals surface area contributed by atoms with Crippen molar-refractivity contribution in [2.75, 3.05) is 0 Å². The van der Waals surface area contributed by atoms with E-state index in [1.54, 1.807) is 11.9 Å². The highest BCUT2D eigenvalue weighted by Crippen LogP contribution is 2.18. The van der Waals surface area contributed by atoms with Gasteiger partial charge in [-0.15, -0.1) is 0 Å². The summed E-state index contributed by atoms with van der Waals surface area (Å²) in [5, 5.41) is 4.16. The van der Waals surface area contributed by atoms with Crippen LogP contribution < -0.4 is 10.0 Å². The summed E-state index contributed by atoms with van der Waals surface area (Å²) in [4.78, 5) is 1.19.